The Morgan fingerprint density at radius 3 is 2.36 bits per heavy atom. The van der Waals surface area contributed by atoms with E-state index in [0.29, 0.717) is 38.5 Å². The van der Waals surface area contributed by atoms with Gasteiger partial charge in [-0.1, -0.05) is 0 Å². The van der Waals surface area contributed by atoms with Crippen LogP contribution >= 0.6 is 0 Å². The Labute approximate surface area is 166 Å². The maximum Gasteiger partial charge on any atom is 0.320 e. The van der Waals surface area contributed by atoms with Gasteiger partial charge in [-0.05, 0) is 58.3 Å². The van der Waals surface area contributed by atoms with E-state index >= 15 is 0 Å². The predicted octanol–water partition coefficient (Wildman–Crippen LogP) is 2.59. The normalized spacial score (nSPS) is 40.5. The highest BCUT2D eigenvalue weighted by Crippen LogP contribution is 2.40. The molecule has 28 heavy (non-hydrogen) atoms. The Morgan fingerprint density at radius 1 is 1.11 bits per heavy atom. The van der Waals surface area contributed by atoms with Gasteiger partial charge in [0.2, 0.25) is 10.0 Å². The number of nitrogens with zero attached hydrogens (tertiary/aromatic N) is 2. The number of carbonyl (C=O) groups is 1. The molecule has 160 valence electrons. The van der Waals surface area contributed by atoms with Gasteiger partial charge in [-0.3, -0.25) is 0 Å². The van der Waals surface area contributed by atoms with Gasteiger partial charge in [-0.25, -0.2) is 26.7 Å². The van der Waals surface area contributed by atoms with E-state index in [1.54, 1.807) is 16.8 Å². The number of nitrogens with one attached hydrogen (secondary N) is 1. The summed E-state index contributed by atoms with van der Waals surface area (Å²) in [5, 5.41) is -0.529. The molecule has 4 aliphatic rings. The third-order valence-corrected chi connectivity index (χ3v) is 9.39. The molecule has 6 nitrogen and oxygen atoms in total. The highest BCUT2D eigenvalue weighted by Gasteiger charge is 2.52. The van der Waals surface area contributed by atoms with Crippen molar-refractivity contribution in [1.82, 2.24) is 14.5 Å². The predicted molar refractivity (Wildman–Crippen MR) is 102 cm³/mol. The highest BCUT2D eigenvalue weighted by atomic mass is 32.2. The molecule has 0 aromatic carbocycles. The van der Waals surface area contributed by atoms with Crippen molar-refractivity contribution < 1.29 is 22.0 Å². The molecule has 3 saturated carbocycles. The number of hydrogen-bond acceptors (Lipinski definition) is 3. The van der Waals surface area contributed by atoms with E-state index in [9.17, 15) is 22.0 Å². The fraction of sp³-hybridized carbons (Fsp3) is 0.947. The van der Waals surface area contributed by atoms with Crippen LogP contribution in [0, 0.1) is 5.92 Å². The standard InChI is InChI=1S/C19H31F2N3O3S/c1-19(8-9-19)22-28(26,27)12-6-7-16-17(10-12)23(2)18(25)24(16)11-13-14(20)4-3-5-15(13)21/h12-17,22H,3-11H2,1-2H3. The average molecular weight is 420 g/mol. The van der Waals surface area contributed by atoms with Gasteiger partial charge in [-0.15, -0.1) is 0 Å². The van der Waals surface area contributed by atoms with Crippen LogP contribution < -0.4 is 4.72 Å². The lowest BCUT2D eigenvalue weighted by Gasteiger charge is -2.38. The van der Waals surface area contributed by atoms with E-state index in [1.165, 1.54) is 0 Å². The quantitative estimate of drug-likeness (QED) is 0.745. The summed E-state index contributed by atoms with van der Waals surface area (Å²) in [6.45, 7) is 1.99. The Balaban J connectivity index is 1.46. The lowest BCUT2D eigenvalue weighted by molar-refractivity contribution is 0.0478. The number of rotatable bonds is 5. The Bertz CT molecular complexity index is 720. The van der Waals surface area contributed by atoms with E-state index in [4.69, 9.17) is 0 Å². The van der Waals surface area contributed by atoms with E-state index in [1.807, 2.05) is 6.92 Å². The summed E-state index contributed by atoms with van der Waals surface area (Å²) < 4.78 is 57.0. The largest absolute Gasteiger partial charge is 0.323 e. The molecule has 1 aliphatic heterocycles. The number of alkyl halides is 2. The first-order valence-electron chi connectivity index (χ1n) is 10.5. The van der Waals surface area contributed by atoms with Gasteiger partial charge >= 0.3 is 6.03 Å². The van der Waals surface area contributed by atoms with Crippen molar-refractivity contribution in [2.45, 2.75) is 93.5 Å². The van der Waals surface area contributed by atoms with Gasteiger partial charge in [0.25, 0.3) is 0 Å². The first-order chi connectivity index (χ1) is 13.1. The number of fused-ring (bicyclic) bond motifs is 1. The maximum absolute atomic E-state index is 14.3. The third-order valence-electron chi connectivity index (χ3n) is 7.30. The number of hydrogen-bond donors (Lipinski definition) is 1. The van der Waals surface area contributed by atoms with Crippen LogP contribution in [-0.2, 0) is 10.0 Å². The molecule has 4 rings (SSSR count). The fourth-order valence-corrected chi connectivity index (χ4v) is 7.14. The van der Waals surface area contributed by atoms with Gasteiger partial charge in [0.05, 0.1) is 17.3 Å². The minimum Gasteiger partial charge on any atom is -0.323 e. The van der Waals surface area contributed by atoms with Crippen LogP contribution in [-0.4, -0.2) is 73.1 Å². The lowest BCUT2D eigenvalue weighted by atomic mass is 9.84. The molecule has 0 radical (unpaired) electrons. The number of halogens is 2. The molecule has 4 fully saturated rings. The first-order valence-corrected chi connectivity index (χ1v) is 12.0. The van der Waals surface area contributed by atoms with Crippen LogP contribution in [0.15, 0.2) is 0 Å². The van der Waals surface area contributed by atoms with Crippen molar-refractivity contribution in [3.63, 3.8) is 0 Å². The number of urea groups is 1. The Hall–Kier alpha value is -0.960. The van der Waals surface area contributed by atoms with Crippen molar-refractivity contribution in [2.24, 2.45) is 5.92 Å². The molecule has 0 aromatic heterocycles. The summed E-state index contributed by atoms with van der Waals surface area (Å²) >= 11 is 0. The second-order valence-corrected chi connectivity index (χ2v) is 11.4. The van der Waals surface area contributed by atoms with E-state index in [0.717, 1.165) is 12.8 Å². The van der Waals surface area contributed by atoms with Crippen LogP contribution in [0.1, 0.15) is 58.3 Å². The first kappa shape index (κ1) is 20.3. The molecule has 9 heteroatoms. The monoisotopic (exact) mass is 419 g/mol. The second kappa shape index (κ2) is 7.07. The molecule has 0 aromatic rings. The Kier molecular flexibility index (Phi) is 5.13. The van der Waals surface area contributed by atoms with Crippen molar-refractivity contribution in [3.8, 4) is 0 Å². The molecule has 1 heterocycles. The van der Waals surface area contributed by atoms with Crippen LogP contribution in [0.25, 0.3) is 0 Å². The second-order valence-electron chi connectivity index (χ2n) is 9.45. The molecule has 2 amide bonds. The third kappa shape index (κ3) is 3.64. The smallest absolute Gasteiger partial charge is 0.320 e. The van der Waals surface area contributed by atoms with Crippen LogP contribution in [0.4, 0.5) is 13.6 Å². The highest BCUT2D eigenvalue weighted by molar-refractivity contribution is 7.90. The molecule has 1 saturated heterocycles. The number of sulfonamides is 1. The molecule has 3 aliphatic carbocycles. The van der Waals surface area contributed by atoms with Crippen molar-refractivity contribution in [3.05, 3.63) is 0 Å². The van der Waals surface area contributed by atoms with Crippen molar-refractivity contribution in [2.75, 3.05) is 13.6 Å². The molecule has 5 atom stereocenters. The summed E-state index contributed by atoms with van der Waals surface area (Å²) in [6.07, 6.45) is 1.89. The molecule has 5 unspecified atom stereocenters. The van der Waals surface area contributed by atoms with E-state index < -0.39 is 33.5 Å². The van der Waals surface area contributed by atoms with E-state index in [-0.39, 0.29) is 30.2 Å². The van der Waals surface area contributed by atoms with Crippen LogP contribution in [0.5, 0.6) is 0 Å². The van der Waals surface area contributed by atoms with Crippen molar-refractivity contribution >= 4 is 16.1 Å². The zero-order valence-electron chi connectivity index (χ0n) is 16.6. The summed E-state index contributed by atoms with van der Waals surface area (Å²) in [4.78, 5) is 16.0. The molecular weight excluding hydrogens is 388 g/mol. The summed E-state index contributed by atoms with van der Waals surface area (Å²) in [7, 11) is -1.77. The van der Waals surface area contributed by atoms with Gasteiger partial charge in [0.1, 0.15) is 12.3 Å². The zero-order valence-corrected chi connectivity index (χ0v) is 17.4. The average Bonchev–Trinajstić information content (AvgIpc) is 3.30. The van der Waals surface area contributed by atoms with Crippen LogP contribution in [0.2, 0.25) is 0 Å². The van der Waals surface area contributed by atoms with Crippen LogP contribution in [0.3, 0.4) is 0 Å². The number of likely N-dealkylation sites (N-methyl/N-ethyl adjacent to an activating group) is 1. The Morgan fingerprint density at radius 2 is 1.75 bits per heavy atom. The fourth-order valence-electron chi connectivity index (χ4n) is 5.19. The van der Waals surface area contributed by atoms with Crippen molar-refractivity contribution in [1.29, 1.82) is 0 Å². The number of carbonyl (C=O) groups excluding carboxylic acids is 1. The SMILES string of the molecule is CN1C(=O)N(CC2C(F)CCCC2F)C2CCC(S(=O)(=O)NC3(C)CC3)CC21. The molecule has 0 bridgehead atoms. The molecule has 1 N–H and O–H groups in total. The zero-order chi connectivity index (χ0) is 20.3. The number of amides is 2. The van der Waals surface area contributed by atoms with Gasteiger partial charge in [-0.2, -0.15) is 0 Å². The van der Waals surface area contributed by atoms with E-state index in [2.05, 4.69) is 4.72 Å². The van der Waals surface area contributed by atoms with Gasteiger partial charge in [0, 0.05) is 25.0 Å². The van der Waals surface area contributed by atoms with Gasteiger partial charge < -0.3 is 9.80 Å². The summed E-state index contributed by atoms with van der Waals surface area (Å²) in [5.74, 6) is -0.775. The minimum absolute atomic E-state index is 0.0837. The van der Waals surface area contributed by atoms with Gasteiger partial charge in [0.15, 0.2) is 0 Å². The maximum atomic E-state index is 14.3. The topological polar surface area (TPSA) is 69.7 Å². The lowest BCUT2D eigenvalue weighted by Crippen LogP contribution is -2.50. The molecule has 0 spiro atoms. The summed E-state index contributed by atoms with van der Waals surface area (Å²) in [6, 6.07) is -0.628. The molecular formula is C19H31F2N3O3S. The minimum atomic E-state index is -3.45. The summed E-state index contributed by atoms with van der Waals surface area (Å²) in [5.41, 5.74) is -0.313.